The van der Waals surface area contributed by atoms with Crippen molar-refractivity contribution in [3.8, 4) is 11.5 Å². The van der Waals surface area contributed by atoms with Crippen molar-refractivity contribution in [2.75, 3.05) is 26.3 Å². The van der Waals surface area contributed by atoms with Gasteiger partial charge in [-0.2, -0.15) is 4.31 Å². The van der Waals surface area contributed by atoms with Crippen LogP contribution in [0.5, 0.6) is 11.5 Å². The summed E-state index contributed by atoms with van der Waals surface area (Å²) in [5, 5.41) is 3.01. The molecule has 2 aliphatic rings. The molecule has 1 N–H and O–H groups in total. The van der Waals surface area contributed by atoms with Crippen LogP contribution < -0.4 is 14.8 Å². The van der Waals surface area contributed by atoms with E-state index in [0.717, 1.165) is 18.4 Å². The van der Waals surface area contributed by atoms with E-state index in [0.29, 0.717) is 43.5 Å². The topological polar surface area (TPSA) is 89.9 Å². The number of carbonyl (C=O) groups is 1. The Morgan fingerprint density at radius 1 is 1.07 bits per heavy atom. The Morgan fingerprint density at radius 2 is 1.73 bits per heavy atom. The molecule has 1 fully saturated rings. The fourth-order valence-corrected chi connectivity index (χ4v) is 5.42. The lowest BCUT2D eigenvalue weighted by Gasteiger charge is -2.28. The van der Waals surface area contributed by atoms with E-state index in [9.17, 15) is 13.2 Å². The van der Waals surface area contributed by atoms with Gasteiger partial charge in [0, 0.05) is 26.3 Å². The van der Waals surface area contributed by atoms with Crippen LogP contribution in [0.1, 0.15) is 42.7 Å². The first-order chi connectivity index (χ1) is 14.2. The van der Waals surface area contributed by atoms with Gasteiger partial charge in [-0.1, -0.05) is 6.07 Å². The molecular weight excluding hydrogens is 406 g/mol. The molecule has 162 valence electrons. The number of carbonyl (C=O) groups excluding carboxylic acids is 1. The van der Waals surface area contributed by atoms with Crippen LogP contribution in [0.4, 0.5) is 0 Å². The summed E-state index contributed by atoms with van der Waals surface area (Å²) in [5.74, 6) is 0.991. The SMILES string of the molecule is Cn1cc(S(=O)(=O)N2CCCC2)cc1C(=O)NC(C)(C)c1ccc2c(c1)OCCO2. The monoisotopic (exact) mass is 433 g/mol. The lowest BCUT2D eigenvalue weighted by molar-refractivity contribution is 0.0903. The minimum absolute atomic E-state index is 0.147. The number of benzene rings is 1. The van der Waals surface area contributed by atoms with Gasteiger partial charge >= 0.3 is 0 Å². The molecule has 1 aromatic carbocycles. The molecule has 0 bridgehead atoms. The molecule has 0 atom stereocenters. The number of fused-ring (bicyclic) bond motifs is 1. The summed E-state index contributed by atoms with van der Waals surface area (Å²) >= 11 is 0. The molecule has 0 saturated carbocycles. The highest BCUT2D eigenvalue weighted by Gasteiger charge is 2.31. The number of nitrogens with one attached hydrogen (secondary N) is 1. The lowest BCUT2D eigenvalue weighted by Crippen LogP contribution is -2.41. The number of hydrogen-bond donors (Lipinski definition) is 1. The summed E-state index contributed by atoms with van der Waals surface area (Å²) in [5.41, 5.74) is 0.447. The van der Waals surface area contributed by atoms with Crippen LogP contribution in [0.3, 0.4) is 0 Å². The molecule has 2 aromatic rings. The van der Waals surface area contributed by atoms with Crippen molar-refractivity contribution in [3.05, 3.63) is 41.7 Å². The molecule has 1 saturated heterocycles. The van der Waals surface area contributed by atoms with Crippen molar-refractivity contribution in [2.24, 2.45) is 7.05 Å². The molecular formula is C21H27N3O5S. The first-order valence-corrected chi connectivity index (χ1v) is 11.5. The zero-order valence-electron chi connectivity index (χ0n) is 17.5. The van der Waals surface area contributed by atoms with Gasteiger partial charge in [-0.25, -0.2) is 8.42 Å². The summed E-state index contributed by atoms with van der Waals surface area (Å²) in [4.78, 5) is 13.2. The quantitative estimate of drug-likeness (QED) is 0.781. The summed E-state index contributed by atoms with van der Waals surface area (Å²) in [6.07, 6.45) is 3.23. The standard InChI is InChI=1S/C21H27N3O5S/c1-21(2,15-6-7-18-19(12-15)29-11-10-28-18)22-20(25)17-13-16(14-23(17)3)30(26,27)24-8-4-5-9-24/h6-7,12-14H,4-5,8-11H2,1-3H3,(H,22,25). The predicted octanol–water partition coefficient (Wildman–Crippen LogP) is 2.25. The first kappa shape index (κ1) is 20.7. The van der Waals surface area contributed by atoms with Crippen LogP contribution in [0.2, 0.25) is 0 Å². The van der Waals surface area contributed by atoms with Gasteiger partial charge < -0.3 is 19.4 Å². The molecule has 0 aliphatic carbocycles. The third kappa shape index (κ3) is 3.79. The van der Waals surface area contributed by atoms with Crippen LogP contribution in [0.15, 0.2) is 35.4 Å². The van der Waals surface area contributed by atoms with Gasteiger partial charge in [-0.3, -0.25) is 4.79 Å². The number of nitrogens with zero attached hydrogens (tertiary/aromatic N) is 2. The van der Waals surface area contributed by atoms with Crippen LogP contribution in [0.25, 0.3) is 0 Å². The highest BCUT2D eigenvalue weighted by atomic mass is 32.2. The Morgan fingerprint density at radius 3 is 2.43 bits per heavy atom. The van der Waals surface area contributed by atoms with Gasteiger partial charge in [0.15, 0.2) is 11.5 Å². The van der Waals surface area contributed by atoms with Gasteiger partial charge in [0.1, 0.15) is 23.8 Å². The van der Waals surface area contributed by atoms with Gasteiger partial charge in [0.25, 0.3) is 5.91 Å². The first-order valence-electron chi connectivity index (χ1n) is 10.1. The number of aryl methyl sites for hydroxylation is 1. The summed E-state index contributed by atoms with van der Waals surface area (Å²) < 4.78 is 39.9. The van der Waals surface area contributed by atoms with Gasteiger partial charge in [0.2, 0.25) is 10.0 Å². The maximum absolute atomic E-state index is 13.0. The van der Waals surface area contributed by atoms with E-state index in [2.05, 4.69) is 5.32 Å². The van der Waals surface area contributed by atoms with Crippen LogP contribution in [-0.4, -0.2) is 49.5 Å². The van der Waals surface area contributed by atoms with Gasteiger partial charge in [-0.15, -0.1) is 0 Å². The second-order valence-corrected chi connectivity index (χ2v) is 10.2. The van der Waals surface area contributed by atoms with Crippen LogP contribution in [-0.2, 0) is 22.6 Å². The second-order valence-electron chi connectivity index (χ2n) is 8.22. The number of aromatic nitrogens is 1. The normalized spacial score (nSPS) is 17.2. The largest absolute Gasteiger partial charge is 0.486 e. The Hall–Kier alpha value is -2.52. The number of rotatable bonds is 5. The lowest BCUT2D eigenvalue weighted by atomic mass is 9.93. The summed E-state index contributed by atoms with van der Waals surface area (Å²) in [7, 11) is -1.90. The van der Waals surface area contributed by atoms with E-state index in [4.69, 9.17) is 9.47 Å². The smallest absolute Gasteiger partial charge is 0.268 e. The van der Waals surface area contributed by atoms with Crippen molar-refractivity contribution in [2.45, 2.75) is 37.1 Å². The second kappa shape index (κ2) is 7.63. The summed E-state index contributed by atoms with van der Waals surface area (Å²) in [6.45, 7) is 5.83. The maximum atomic E-state index is 13.0. The van der Waals surface area contributed by atoms with E-state index in [1.54, 1.807) is 11.6 Å². The van der Waals surface area contributed by atoms with E-state index >= 15 is 0 Å². The molecule has 1 aromatic heterocycles. The summed E-state index contributed by atoms with van der Waals surface area (Å²) in [6, 6.07) is 7.04. The van der Waals surface area contributed by atoms with E-state index < -0.39 is 15.6 Å². The number of ether oxygens (including phenoxy) is 2. The molecule has 2 aliphatic heterocycles. The average Bonchev–Trinajstić information content (AvgIpc) is 3.38. The number of amides is 1. The molecule has 1 amide bonds. The van der Waals surface area contributed by atoms with Crippen molar-refractivity contribution in [1.82, 2.24) is 14.2 Å². The Kier molecular flexibility index (Phi) is 5.27. The number of sulfonamides is 1. The van der Waals surface area contributed by atoms with Crippen LogP contribution >= 0.6 is 0 Å². The highest BCUT2D eigenvalue weighted by Crippen LogP contribution is 2.34. The molecule has 8 nitrogen and oxygen atoms in total. The fraction of sp³-hybridized carbons (Fsp3) is 0.476. The molecule has 4 rings (SSSR count). The minimum Gasteiger partial charge on any atom is -0.486 e. The van der Waals surface area contributed by atoms with E-state index in [1.165, 1.54) is 16.6 Å². The van der Waals surface area contributed by atoms with Crippen molar-refractivity contribution in [3.63, 3.8) is 0 Å². The zero-order chi connectivity index (χ0) is 21.5. The van der Waals surface area contributed by atoms with E-state index in [-0.39, 0.29) is 10.8 Å². The fourth-order valence-electron chi connectivity index (χ4n) is 3.83. The molecule has 3 heterocycles. The van der Waals surface area contributed by atoms with Crippen molar-refractivity contribution < 1.29 is 22.7 Å². The van der Waals surface area contributed by atoms with Crippen molar-refractivity contribution in [1.29, 1.82) is 0 Å². The third-order valence-corrected chi connectivity index (χ3v) is 7.47. The molecule has 0 unspecified atom stereocenters. The third-order valence-electron chi connectivity index (χ3n) is 5.61. The highest BCUT2D eigenvalue weighted by molar-refractivity contribution is 7.89. The molecule has 30 heavy (non-hydrogen) atoms. The van der Waals surface area contributed by atoms with Gasteiger partial charge in [-0.05, 0) is 50.5 Å². The van der Waals surface area contributed by atoms with E-state index in [1.807, 2.05) is 32.0 Å². The zero-order valence-corrected chi connectivity index (χ0v) is 18.3. The number of hydrogen-bond acceptors (Lipinski definition) is 5. The van der Waals surface area contributed by atoms with Gasteiger partial charge in [0.05, 0.1) is 5.54 Å². The maximum Gasteiger partial charge on any atom is 0.268 e. The molecule has 9 heteroatoms. The Labute approximate surface area is 176 Å². The molecule has 0 spiro atoms. The van der Waals surface area contributed by atoms with Crippen LogP contribution in [0, 0.1) is 0 Å². The minimum atomic E-state index is -3.58. The Balaban J connectivity index is 1.55. The van der Waals surface area contributed by atoms with Crippen molar-refractivity contribution >= 4 is 15.9 Å². The predicted molar refractivity (Wildman–Crippen MR) is 111 cm³/mol. The Bertz CT molecular complexity index is 1070. The average molecular weight is 434 g/mol. The molecule has 0 radical (unpaired) electrons.